The van der Waals surface area contributed by atoms with Gasteiger partial charge in [0.15, 0.2) is 0 Å². The van der Waals surface area contributed by atoms with Gasteiger partial charge in [0.1, 0.15) is 0 Å². The topological polar surface area (TPSA) is 125 Å². The van der Waals surface area contributed by atoms with Crippen LogP contribution in [0.1, 0.15) is 0 Å². The third-order valence-corrected chi connectivity index (χ3v) is 0. The summed E-state index contributed by atoms with van der Waals surface area (Å²) in [4.78, 5) is 8.33. The number of hydrogen-bond acceptors (Lipinski definition) is 4. The van der Waals surface area contributed by atoms with Gasteiger partial charge in [-0.2, -0.15) is 0 Å². The van der Waals surface area contributed by atoms with Crippen molar-refractivity contribution in [2.45, 2.75) is 0 Å². The van der Waals surface area contributed by atoms with E-state index < -0.39 is 6.16 Å². The summed E-state index contributed by atoms with van der Waals surface area (Å²) in [7, 11) is 0. The molecule has 43 valence electrons. The van der Waals surface area contributed by atoms with E-state index in [2.05, 4.69) is 0 Å². The van der Waals surface area contributed by atoms with Crippen LogP contribution in [0.2, 0.25) is 0 Å². The zero-order valence-corrected chi connectivity index (χ0v) is 8.08. The summed E-state index contributed by atoms with van der Waals surface area (Å²) in [6.45, 7) is 0. The first-order chi connectivity index (χ1) is 1.73. The van der Waals surface area contributed by atoms with Crippen LogP contribution < -0.4 is 10.2 Å². The SMILES string of the molecule is O.O=C([O-])[O-].[Al].[OH-].[Zn+2]. The molecule has 7 heteroatoms. The van der Waals surface area contributed by atoms with E-state index in [1.54, 1.807) is 0 Å². The van der Waals surface area contributed by atoms with Gasteiger partial charge in [-0.25, -0.2) is 0 Å². The van der Waals surface area contributed by atoms with Crippen molar-refractivity contribution in [2.24, 2.45) is 0 Å². The standard InChI is InChI=1S/CH2O3.Al.2H2O.Zn/c2-1(3)4;;;;/h(H2,2,3,4);;2*1H2;/q;;;;+2/p-3. The van der Waals surface area contributed by atoms with Crippen LogP contribution in [0.15, 0.2) is 0 Å². The molecule has 5 nitrogen and oxygen atoms in total. The molecule has 8 heavy (non-hydrogen) atoms. The summed E-state index contributed by atoms with van der Waals surface area (Å²) < 4.78 is 0. The molecule has 0 saturated heterocycles. The van der Waals surface area contributed by atoms with Gasteiger partial charge in [-0.3, -0.25) is 0 Å². The molecule has 0 fully saturated rings. The zero-order valence-electron chi connectivity index (χ0n) is 3.96. The predicted octanol–water partition coefficient (Wildman–Crippen LogP) is -3.83. The van der Waals surface area contributed by atoms with Crippen LogP contribution in [-0.2, 0) is 19.5 Å². The second kappa shape index (κ2) is 26.4. The molecular formula is CH3AlO5Zn-. The Morgan fingerprint density at radius 1 is 1.25 bits per heavy atom. The second-order valence-electron chi connectivity index (χ2n) is 0.250. The van der Waals surface area contributed by atoms with Crippen molar-refractivity contribution in [3.63, 3.8) is 0 Å². The molecular weight excluding hydrogens is 184 g/mol. The molecule has 0 aliphatic heterocycles. The number of hydrogen-bond donors (Lipinski definition) is 0. The molecule has 0 spiro atoms. The van der Waals surface area contributed by atoms with Gasteiger partial charge >= 0.3 is 19.5 Å². The van der Waals surface area contributed by atoms with Crippen molar-refractivity contribution in [1.82, 2.24) is 0 Å². The first-order valence-corrected chi connectivity index (χ1v) is 0.612. The van der Waals surface area contributed by atoms with Gasteiger partial charge in [0, 0.05) is 17.4 Å². The van der Waals surface area contributed by atoms with Gasteiger partial charge in [0.05, 0.1) is 0 Å². The molecule has 0 aliphatic carbocycles. The van der Waals surface area contributed by atoms with Crippen molar-refractivity contribution in [2.75, 3.05) is 0 Å². The van der Waals surface area contributed by atoms with Crippen LogP contribution in [0.5, 0.6) is 0 Å². The van der Waals surface area contributed by atoms with Crippen LogP contribution in [0.25, 0.3) is 0 Å². The van der Waals surface area contributed by atoms with E-state index >= 15 is 0 Å². The summed E-state index contributed by atoms with van der Waals surface area (Å²) >= 11 is 0. The quantitative estimate of drug-likeness (QED) is 0.360. The van der Waals surface area contributed by atoms with E-state index in [-0.39, 0.29) is 47.8 Å². The second-order valence-corrected chi connectivity index (χ2v) is 0.250. The maximum Gasteiger partial charge on any atom is 2.00 e. The molecule has 0 aromatic rings. The molecule has 0 heterocycles. The Morgan fingerprint density at radius 2 is 1.25 bits per heavy atom. The monoisotopic (exact) mass is 186 g/mol. The van der Waals surface area contributed by atoms with Crippen molar-refractivity contribution in [3.8, 4) is 0 Å². The fourth-order valence-corrected chi connectivity index (χ4v) is 0. The summed E-state index contributed by atoms with van der Waals surface area (Å²) in [5.74, 6) is 0. The van der Waals surface area contributed by atoms with Crippen molar-refractivity contribution in [1.29, 1.82) is 0 Å². The largest absolute Gasteiger partial charge is 2.00 e. The van der Waals surface area contributed by atoms with Crippen LogP contribution in [0, 0.1) is 0 Å². The van der Waals surface area contributed by atoms with E-state index in [0.717, 1.165) is 0 Å². The molecule has 0 aromatic heterocycles. The molecule has 0 amide bonds. The third kappa shape index (κ3) is 1520. The number of carboxylic acid groups (broad SMARTS) is 2. The summed E-state index contributed by atoms with van der Waals surface area (Å²) in [5, 5.41) is 16.7. The smallest absolute Gasteiger partial charge is 0.870 e. The average Bonchev–Trinajstić information content (AvgIpc) is 0.811. The molecule has 0 rings (SSSR count). The minimum Gasteiger partial charge on any atom is -0.870 e. The Bertz CT molecular complexity index is 35.4. The first-order valence-electron chi connectivity index (χ1n) is 0.612. The van der Waals surface area contributed by atoms with Gasteiger partial charge in [-0.15, -0.1) is 0 Å². The van der Waals surface area contributed by atoms with E-state index in [0.29, 0.717) is 0 Å². The Morgan fingerprint density at radius 3 is 1.25 bits per heavy atom. The van der Waals surface area contributed by atoms with E-state index in [4.69, 9.17) is 15.0 Å². The molecule has 3 N–H and O–H groups in total. The van der Waals surface area contributed by atoms with Crippen LogP contribution in [-0.4, -0.2) is 34.5 Å². The minimum absolute atomic E-state index is 0. The van der Waals surface area contributed by atoms with Crippen LogP contribution in [0.4, 0.5) is 4.79 Å². The number of carbonyl (C=O) groups is 1. The maximum atomic E-state index is 8.33. The average molecular weight is 187 g/mol. The molecule has 3 radical (unpaired) electrons. The minimum atomic E-state index is -2.33. The van der Waals surface area contributed by atoms with Crippen molar-refractivity contribution >= 4 is 23.5 Å². The fraction of sp³-hybridized carbons (Fsp3) is 0. The Balaban J connectivity index is -0.00000000750. The molecule has 0 aliphatic rings. The summed E-state index contributed by atoms with van der Waals surface area (Å²) in [6.07, 6.45) is -2.33. The van der Waals surface area contributed by atoms with E-state index in [9.17, 15) is 0 Å². The maximum absolute atomic E-state index is 8.33. The van der Waals surface area contributed by atoms with E-state index in [1.807, 2.05) is 0 Å². The van der Waals surface area contributed by atoms with Crippen LogP contribution >= 0.6 is 0 Å². The van der Waals surface area contributed by atoms with Gasteiger partial charge in [-0.05, 0) is 6.16 Å². The summed E-state index contributed by atoms with van der Waals surface area (Å²) in [5.41, 5.74) is 0. The molecule has 0 bridgehead atoms. The molecule has 0 saturated carbocycles. The Labute approximate surface area is 69.2 Å². The Hall–Kier alpha value is 0.346. The summed E-state index contributed by atoms with van der Waals surface area (Å²) in [6, 6.07) is 0. The number of rotatable bonds is 0. The molecule has 0 unspecified atom stereocenters. The predicted molar refractivity (Wildman–Crippen MR) is 16.7 cm³/mol. The van der Waals surface area contributed by atoms with Crippen molar-refractivity contribution < 1.29 is 45.4 Å². The third-order valence-electron chi connectivity index (χ3n) is 0. The molecule has 0 atom stereocenters. The van der Waals surface area contributed by atoms with Crippen LogP contribution in [0.3, 0.4) is 0 Å². The van der Waals surface area contributed by atoms with Gasteiger partial charge < -0.3 is 26.0 Å². The van der Waals surface area contributed by atoms with Gasteiger partial charge in [0.25, 0.3) is 0 Å². The van der Waals surface area contributed by atoms with Gasteiger partial charge in [0.2, 0.25) is 0 Å². The number of carbonyl (C=O) groups excluding carboxylic acids is 1. The van der Waals surface area contributed by atoms with E-state index in [1.165, 1.54) is 0 Å². The zero-order chi connectivity index (χ0) is 3.58. The fourth-order valence-electron chi connectivity index (χ4n) is 0. The van der Waals surface area contributed by atoms with Crippen molar-refractivity contribution in [3.05, 3.63) is 0 Å². The normalized spacial score (nSPS) is 3.00. The Kier molecular flexibility index (Phi) is 133. The first kappa shape index (κ1) is 40.2. The van der Waals surface area contributed by atoms with Gasteiger partial charge in [-0.1, -0.05) is 0 Å². The molecule has 0 aromatic carbocycles.